The van der Waals surface area contributed by atoms with E-state index in [9.17, 15) is 14.7 Å². The molecule has 1 aromatic heterocycles. The van der Waals surface area contributed by atoms with Gasteiger partial charge in [0.05, 0.1) is 0 Å². The summed E-state index contributed by atoms with van der Waals surface area (Å²) in [5.74, 6) is -1.39. The lowest BCUT2D eigenvalue weighted by atomic mass is 9.91. The molecule has 2 N–H and O–H groups in total. The van der Waals surface area contributed by atoms with E-state index in [1.807, 2.05) is 30.3 Å². The Hall–Kier alpha value is -2.67. The molecule has 24 heavy (non-hydrogen) atoms. The first-order valence-electron chi connectivity index (χ1n) is 7.80. The summed E-state index contributed by atoms with van der Waals surface area (Å²) in [5.41, 5.74) is -0.935. The van der Waals surface area contributed by atoms with Crippen molar-refractivity contribution < 1.29 is 19.8 Å². The molecule has 0 aliphatic carbocycles. The topological polar surface area (TPSA) is 95.7 Å². The first kappa shape index (κ1) is 16.2. The van der Waals surface area contributed by atoms with Crippen LogP contribution in [0.15, 0.2) is 48.8 Å². The largest absolute Gasteiger partial charge is 0.479 e. The number of carbonyl (C=O) groups excluding carboxylic acids is 1. The maximum absolute atomic E-state index is 13.0. The number of benzene rings is 1. The summed E-state index contributed by atoms with van der Waals surface area (Å²) >= 11 is 0. The quantitative estimate of drug-likeness (QED) is 0.869. The van der Waals surface area contributed by atoms with Gasteiger partial charge in [0.2, 0.25) is 0 Å². The molecule has 2 heterocycles. The zero-order valence-electron chi connectivity index (χ0n) is 13.1. The van der Waals surface area contributed by atoms with Gasteiger partial charge in [0.1, 0.15) is 0 Å². The molecule has 1 amide bonds. The van der Waals surface area contributed by atoms with Gasteiger partial charge in [-0.1, -0.05) is 30.3 Å². The molecule has 1 atom stereocenters. The smallest absolute Gasteiger partial charge is 0.335 e. The van der Waals surface area contributed by atoms with Crippen LogP contribution in [0.1, 0.15) is 24.4 Å². The highest BCUT2D eigenvalue weighted by molar-refractivity contribution is 5.84. The Kier molecular flexibility index (Phi) is 4.35. The van der Waals surface area contributed by atoms with Gasteiger partial charge in [0.15, 0.2) is 11.6 Å². The van der Waals surface area contributed by atoms with Crippen LogP contribution in [-0.2, 0) is 9.59 Å². The van der Waals surface area contributed by atoms with Crippen LogP contribution in [0.3, 0.4) is 0 Å². The van der Waals surface area contributed by atoms with Crippen LogP contribution in [0.4, 0.5) is 0 Å². The number of nitrogens with zero attached hydrogens (tertiary/aromatic N) is 3. The lowest BCUT2D eigenvalue weighted by molar-refractivity contribution is -0.165. The third-order valence-electron chi connectivity index (χ3n) is 4.44. The Morgan fingerprint density at radius 2 is 1.79 bits per heavy atom. The van der Waals surface area contributed by atoms with Crippen LogP contribution in [-0.4, -0.2) is 55.5 Å². The highest BCUT2D eigenvalue weighted by atomic mass is 16.4. The zero-order valence-corrected chi connectivity index (χ0v) is 13.1. The summed E-state index contributed by atoms with van der Waals surface area (Å²) in [5, 5.41) is 23.3. The SMILES string of the molecule is O=C(C(c1ccccc1)n1cccn1)N1CCC(O)(C(=O)O)CC1. The fourth-order valence-corrected chi connectivity index (χ4v) is 2.96. The number of hydrogen-bond acceptors (Lipinski definition) is 4. The molecular formula is C17H19N3O4. The van der Waals surface area contributed by atoms with Crippen molar-refractivity contribution in [2.24, 2.45) is 0 Å². The highest BCUT2D eigenvalue weighted by Gasteiger charge is 2.41. The van der Waals surface area contributed by atoms with Crippen LogP contribution in [0.25, 0.3) is 0 Å². The second-order valence-electron chi connectivity index (χ2n) is 5.96. The van der Waals surface area contributed by atoms with Gasteiger partial charge >= 0.3 is 5.97 Å². The maximum atomic E-state index is 13.0. The molecule has 1 aliphatic heterocycles. The standard InChI is InChI=1S/C17H19N3O4/c21-15(19-11-7-17(24,8-12-19)16(22)23)14(20-10-4-9-18-20)13-5-2-1-3-6-13/h1-6,9-10,14,24H,7-8,11-12H2,(H,22,23). The van der Waals surface area contributed by atoms with Crippen LogP contribution < -0.4 is 0 Å². The Balaban J connectivity index is 1.82. The number of amides is 1. The first-order valence-corrected chi connectivity index (χ1v) is 7.80. The lowest BCUT2D eigenvalue weighted by Crippen LogP contribution is -2.52. The van der Waals surface area contributed by atoms with Gasteiger partial charge in [0, 0.05) is 38.3 Å². The summed E-state index contributed by atoms with van der Waals surface area (Å²) in [7, 11) is 0. The van der Waals surface area contributed by atoms with E-state index in [2.05, 4.69) is 5.10 Å². The Morgan fingerprint density at radius 1 is 1.12 bits per heavy atom. The number of carboxylic acids is 1. The second kappa shape index (κ2) is 6.45. The number of piperidine rings is 1. The van der Waals surface area contributed by atoms with E-state index < -0.39 is 17.6 Å². The molecule has 7 heteroatoms. The van der Waals surface area contributed by atoms with Gasteiger partial charge in [-0.05, 0) is 11.6 Å². The van der Waals surface area contributed by atoms with Crippen LogP contribution >= 0.6 is 0 Å². The minimum atomic E-state index is -1.75. The average molecular weight is 329 g/mol. The number of likely N-dealkylation sites (tertiary alicyclic amines) is 1. The maximum Gasteiger partial charge on any atom is 0.335 e. The Morgan fingerprint density at radius 3 is 2.33 bits per heavy atom. The van der Waals surface area contributed by atoms with Crippen LogP contribution in [0.2, 0.25) is 0 Å². The molecule has 0 saturated carbocycles. The number of hydrogen-bond donors (Lipinski definition) is 2. The monoisotopic (exact) mass is 329 g/mol. The van der Waals surface area contributed by atoms with E-state index in [-0.39, 0.29) is 31.8 Å². The summed E-state index contributed by atoms with van der Waals surface area (Å²) < 4.78 is 1.59. The van der Waals surface area contributed by atoms with Gasteiger partial charge < -0.3 is 15.1 Å². The number of aliphatic hydroxyl groups is 1. The molecule has 1 aromatic carbocycles. The highest BCUT2D eigenvalue weighted by Crippen LogP contribution is 2.26. The normalized spacial score (nSPS) is 18.1. The van der Waals surface area contributed by atoms with Crippen molar-refractivity contribution in [2.75, 3.05) is 13.1 Å². The summed E-state index contributed by atoms with van der Waals surface area (Å²) in [6.07, 6.45) is 3.39. The molecule has 0 bridgehead atoms. The van der Waals surface area contributed by atoms with E-state index in [0.717, 1.165) is 5.56 Å². The molecule has 0 spiro atoms. The predicted octanol–water partition coefficient (Wildman–Crippen LogP) is 0.911. The number of carboxylic acid groups (broad SMARTS) is 1. The van der Waals surface area contributed by atoms with E-state index in [4.69, 9.17) is 5.11 Å². The lowest BCUT2D eigenvalue weighted by Gasteiger charge is -2.37. The van der Waals surface area contributed by atoms with Crippen molar-refractivity contribution in [1.29, 1.82) is 0 Å². The van der Waals surface area contributed by atoms with E-state index in [0.29, 0.717) is 0 Å². The van der Waals surface area contributed by atoms with Crippen molar-refractivity contribution in [3.05, 3.63) is 54.4 Å². The van der Waals surface area contributed by atoms with Gasteiger partial charge in [0.25, 0.3) is 5.91 Å². The first-order chi connectivity index (χ1) is 11.5. The van der Waals surface area contributed by atoms with E-state index >= 15 is 0 Å². The third kappa shape index (κ3) is 3.03. The fourth-order valence-electron chi connectivity index (χ4n) is 2.96. The van der Waals surface area contributed by atoms with Crippen LogP contribution in [0.5, 0.6) is 0 Å². The molecule has 7 nitrogen and oxygen atoms in total. The van der Waals surface area contributed by atoms with Gasteiger partial charge in [-0.2, -0.15) is 5.10 Å². The Labute approximate surface area is 139 Å². The average Bonchev–Trinajstić information content (AvgIpc) is 3.10. The van der Waals surface area contributed by atoms with Crippen molar-refractivity contribution in [3.8, 4) is 0 Å². The fraction of sp³-hybridized carbons (Fsp3) is 0.353. The number of aromatic nitrogens is 2. The summed E-state index contributed by atoms with van der Waals surface area (Å²) in [4.78, 5) is 25.7. The predicted molar refractivity (Wildman–Crippen MR) is 85.2 cm³/mol. The number of carbonyl (C=O) groups is 2. The van der Waals surface area contributed by atoms with Gasteiger partial charge in [-0.25, -0.2) is 4.79 Å². The molecule has 126 valence electrons. The molecule has 0 radical (unpaired) electrons. The summed E-state index contributed by atoms with van der Waals surface area (Å²) in [6, 6.07) is 10.5. The van der Waals surface area contributed by atoms with Crippen molar-refractivity contribution in [2.45, 2.75) is 24.5 Å². The van der Waals surface area contributed by atoms with Crippen LogP contribution in [0, 0.1) is 0 Å². The zero-order chi connectivity index (χ0) is 17.2. The van der Waals surface area contributed by atoms with Crippen molar-refractivity contribution in [3.63, 3.8) is 0 Å². The molecule has 1 aliphatic rings. The van der Waals surface area contributed by atoms with E-state index in [1.165, 1.54) is 0 Å². The minimum Gasteiger partial charge on any atom is -0.479 e. The molecule has 1 unspecified atom stereocenters. The minimum absolute atomic E-state index is 0.0225. The number of rotatable bonds is 4. The van der Waals surface area contributed by atoms with E-state index in [1.54, 1.807) is 28.0 Å². The Bertz CT molecular complexity index is 707. The van der Waals surface area contributed by atoms with Gasteiger partial charge in [-0.15, -0.1) is 0 Å². The number of aliphatic carboxylic acids is 1. The molecular weight excluding hydrogens is 310 g/mol. The molecule has 2 aromatic rings. The van der Waals surface area contributed by atoms with Crippen molar-refractivity contribution >= 4 is 11.9 Å². The van der Waals surface area contributed by atoms with Gasteiger partial charge in [-0.3, -0.25) is 9.48 Å². The summed E-state index contributed by atoms with van der Waals surface area (Å²) in [6.45, 7) is 0.401. The molecule has 1 saturated heterocycles. The van der Waals surface area contributed by atoms with Crippen molar-refractivity contribution in [1.82, 2.24) is 14.7 Å². The molecule has 1 fully saturated rings. The third-order valence-corrected chi connectivity index (χ3v) is 4.44. The molecule has 3 rings (SSSR count). The second-order valence-corrected chi connectivity index (χ2v) is 5.96.